The Morgan fingerprint density at radius 1 is 1.26 bits per heavy atom. The molecule has 0 saturated carbocycles. The van der Waals surface area contributed by atoms with E-state index in [1.165, 1.54) is 23.0 Å². The Balaban J connectivity index is 2.02. The Morgan fingerprint density at radius 2 is 2.00 bits per heavy atom. The van der Waals surface area contributed by atoms with Crippen LogP contribution in [0.4, 0.5) is 5.88 Å². The average Bonchev–Trinajstić information content (AvgIpc) is 3.21. The van der Waals surface area contributed by atoms with E-state index in [-0.39, 0.29) is 17.0 Å². The first-order valence-electron chi connectivity index (χ1n) is 6.56. The lowest BCUT2D eigenvalue weighted by molar-refractivity contribution is -0.401. The van der Waals surface area contributed by atoms with Crippen molar-refractivity contribution >= 4 is 12.2 Å². The summed E-state index contributed by atoms with van der Waals surface area (Å²) in [4.78, 5) is 21.3. The van der Waals surface area contributed by atoms with Crippen molar-refractivity contribution in [3.05, 3.63) is 58.3 Å². The molecule has 3 rings (SSSR count). The van der Waals surface area contributed by atoms with Crippen LogP contribution in [-0.4, -0.2) is 28.1 Å². The Morgan fingerprint density at radius 3 is 2.57 bits per heavy atom. The van der Waals surface area contributed by atoms with Crippen molar-refractivity contribution in [3.63, 3.8) is 0 Å². The van der Waals surface area contributed by atoms with Crippen LogP contribution >= 0.6 is 0 Å². The second-order valence-corrected chi connectivity index (χ2v) is 4.59. The number of aldehydes is 1. The fourth-order valence-electron chi connectivity index (χ4n) is 2.09. The van der Waals surface area contributed by atoms with Crippen molar-refractivity contribution in [2.24, 2.45) is 0 Å². The smallest absolute Gasteiger partial charge is 0.433 e. The molecule has 0 fully saturated rings. The predicted molar refractivity (Wildman–Crippen MR) is 79.9 cm³/mol. The monoisotopic (exact) mass is 313 g/mol. The average molecular weight is 313 g/mol. The first-order valence-corrected chi connectivity index (χ1v) is 6.56. The Hall–Kier alpha value is -3.42. The Labute approximate surface area is 130 Å². The Bertz CT molecular complexity index is 864. The van der Waals surface area contributed by atoms with Crippen LogP contribution in [0.2, 0.25) is 0 Å². The molecule has 0 spiro atoms. The molecule has 0 aliphatic rings. The molecule has 0 aliphatic heterocycles. The van der Waals surface area contributed by atoms with Gasteiger partial charge >= 0.3 is 5.88 Å². The fraction of sp³-hybridized carbons (Fsp3) is 0.0667. The number of methoxy groups -OCH3 is 1. The SMILES string of the molecule is COc1ccc(-n2cc(C=O)c(-c3ccc([N+](=O)[O-])o3)n2)cc1. The first-order chi connectivity index (χ1) is 11.1. The van der Waals surface area contributed by atoms with E-state index in [0.717, 1.165) is 0 Å². The van der Waals surface area contributed by atoms with E-state index in [1.807, 2.05) is 0 Å². The highest BCUT2D eigenvalue weighted by molar-refractivity contribution is 5.84. The van der Waals surface area contributed by atoms with Gasteiger partial charge in [0.05, 0.1) is 24.4 Å². The summed E-state index contributed by atoms with van der Waals surface area (Å²) in [6, 6.07) is 9.69. The van der Waals surface area contributed by atoms with Gasteiger partial charge in [-0.25, -0.2) is 4.68 Å². The summed E-state index contributed by atoms with van der Waals surface area (Å²) in [6.07, 6.45) is 2.15. The van der Waals surface area contributed by atoms with Crippen LogP contribution < -0.4 is 4.74 Å². The lowest BCUT2D eigenvalue weighted by atomic mass is 10.2. The maximum Gasteiger partial charge on any atom is 0.433 e. The quantitative estimate of drug-likeness (QED) is 0.408. The van der Waals surface area contributed by atoms with E-state index in [2.05, 4.69) is 5.10 Å². The van der Waals surface area contributed by atoms with E-state index in [9.17, 15) is 14.9 Å². The third-order valence-electron chi connectivity index (χ3n) is 3.21. The number of aromatic nitrogens is 2. The van der Waals surface area contributed by atoms with E-state index in [4.69, 9.17) is 9.15 Å². The highest BCUT2D eigenvalue weighted by atomic mass is 16.6. The van der Waals surface area contributed by atoms with Gasteiger partial charge in [0.25, 0.3) is 0 Å². The fourth-order valence-corrected chi connectivity index (χ4v) is 2.09. The van der Waals surface area contributed by atoms with Gasteiger partial charge in [-0.3, -0.25) is 14.9 Å². The largest absolute Gasteiger partial charge is 0.497 e. The van der Waals surface area contributed by atoms with Crippen LogP contribution in [0, 0.1) is 10.1 Å². The standard InChI is InChI=1S/C15H11N3O5/c1-22-12-4-2-11(3-5-12)17-8-10(9-19)15(16-17)13-6-7-14(23-13)18(20)21/h2-9H,1H3. The van der Waals surface area contributed by atoms with Crippen molar-refractivity contribution in [2.75, 3.05) is 7.11 Å². The van der Waals surface area contributed by atoms with Crippen molar-refractivity contribution in [1.29, 1.82) is 0 Å². The minimum Gasteiger partial charge on any atom is -0.497 e. The molecule has 3 aromatic rings. The van der Waals surface area contributed by atoms with Gasteiger partial charge in [-0.15, -0.1) is 0 Å². The van der Waals surface area contributed by atoms with Gasteiger partial charge in [-0.2, -0.15) is 5.10 Å². The molecule has 1 aromatic carbocycles. The second kappa shape index (κ2) is 5.76. The molecule has 8 heteroatoms. The van der Waals surface area contributed by atoms with Crippen LogP contribution in [0.3, 0.4) is 0 Å². The number of ether oxygens (including phenoxy) is 1. The molecule has 0 bridgehead atoms. The summed E-state index contributed by atoms with van der Waals surface area (Å²) in [5.74, 6) is 0.445. The first kappa shape index (κ1) is 14.5. The second-order valence-electron chi connectivity index (χ2n) is 4.59. The maximum atomic E-state index is 11.2. The van der Waals surface area contributed by atoms with Crippen molar-refractivity contribution in [2.45, 2.75) is 0 Å². The molecule has 2 aromatic heterocycles. The van der Waals surface area contributed by atoms with Gasteiger partial charge in [-0.1, -0.05) is 0 Å². The zero-order chi connectivity index (χ0) is 16.4. The molecular formula is C15H11N3O5. The summed E-state index contributed by atoms with van der Waals surface area (Å²) < 4.78 is 11.7. The van der Waals surface area contributed by atoms with Crippen LogP contribution in [-0.2, 0) is 0 Å². The summed E-state index contributed by atoms with van der Waals surface area (Å²) in [7, 11) is 1.56. The van der Waals surface area contributed by atoms with E-state index >= 15 is 0 Å². The van der Waals surface area contributed by atoms with Gasteiger partial charge in [0.15, 0.2) is 12.0 Å². The molecule has 2 heterocycles. The zero-order valence-electron chi connectivity index (χ0n) is 12.0. The van der Waals surface area contributed by atoms with Crippen LogP contribution in [0.1, 0.15) is 10.4 Å². The molecule has 116 valence electrons. The molecular weight excluding hydrogens is 302 g/mol. The molecule has 0 N–H and O–H groups in total. The normalized spacial score (nSPS) is 10.5. The van der Waals surface area contributed by atoms with Gasteiger partial charge in [0, 0.05) is 6.20 Å². The summed E-state index contributed by atoms with van der Waals surface area (Å²) in [6.45, 7) is 0. The highest BCUT2D eigenvalue weighted by Crippen LogP contribution is 2.28. The topological polar surface area (TPSA) is 100 Å². The number of hydrogen-bond donors (Lipinski definition) is 0. The molecule has 0 amide bonds. The lowest BCUT2D eigenvalue weighted by Gasteiger charge is -2.02. The van der Waals surface area contributed by atoms with Crippen LogP contribution in [0.25, 0.3) is 17.1 Å². The summed E-state index contributed by atoms with van der Waals surface area (Å²) in [5, 5.41) is 15.0. The van der Waals surface area contributed by atoms with Crippen LogP contribution in [0.15, 0.2) is 47.0 Å². The molecule has 0 aliphatic carbocycles. The number of benzene rings is 1. The minimum atomic E-state index is -0.648. The number of furan rings is 1. The van der Waals surface area contributed by atoms with Gasteiger partial charge in [0.1, 0.15) is 16.4 Å². The summed E-state index contributed by atoms with van der Waals surface area (Å²) in [5.41, 5.74) is 1.22. The maximum absolute atomic E-state index is 11.2. The van der Waals surface area contributed by atoms with Gasteiger partial charge < -0.3 is 9.15 Å². The number of nitro groups is 1. The van der Waals surface area contributed by atoms with E-state index in [1.54, 1.807) is 31.4 Å². The molecule has 0 atom stereocenters. The third-order valence-corrected chi connectivity index (χ3v) is 3.21. The molecule has 23 heavy (non-hydrogen) atoms. The molecule has 8 nitrogen and oxygen atoms in total. The van der Waals surface area contributed by atoms with Crippen molar-refractivity contribution < 1.29 is 18.9 Å². The number of nitrogens with zero attached hydrogens (tertiary/aromatic N) is 3. The number of carbonyl (C=O) groups excluding carboxylic acids is 1. The van der Waals surface area contributed by atoms with E-state index < -0.39 is 10.8 Å². The molecule has 0 saturated heterocycles. The van der Waals surface area contributed by atoms with E-state index in [0.29, 0.717) is 17.7 Å². The molecule has 0 radical (unpaired) electrons. The number of carbonyl (C=O) groups is 1. The Kier molecular flexibility index (Phi) is 3.63. The predicted octanol–water partition coefficient (Wildman–Crippen LogP) is 2.86. The van der Waals surface area contributed by atoms with Gasteiger partial charge in [-0.05, 0) is 30.3 Å². The zero-order valence-corrected chi connectivity index (χ0v) is 12.0. The highest BCUT2D eigenvalue weighted by Gasteiger charge is 2.19. The number of rotatable bonds is 5. The summed E-state index contributed by atoms with van der Waals surface area (Å²) >= 11 is 0. The minimum absolute atomic E-state index is 0.158. The molecule has 0 unspecified atom stereocenters. The van der Waals surface area contributed by atoms with Crippen molar-refractivity contribution in [1.82, 2.24) is 9.78 Å². The van der Waals surface area contributed by atoms with Crippen LogP contribution in [0.5, 0.6) is 5.75 Å². The lowest BCUT2D eigenvalue weighted by Crippen LogP contribution is -1.94. The number of hydrogen-bond acceptors (Lipinski definition) is 6. The van der Waals surface area contributed by atoms with Gasteiger partial charge in [0.2, 0.25) is 0 Å². The third kappa shape index (κ3) is 2.69. The van der Waals surface area contributed by atoms with Crippen molar-refractivity contribution in [3.8, 4) is 22.9 Å².